The van der Waals surface area contributed by atoms with Crippen molar-refractivity contribution in [3.63, 3.8) is 0 Å². The van der Waals surface area contributed by atoms with Gasteiger partial charge in [-0.2, -0.15) is 0 Å². The van der Waals surface area contributed by atoms with E-state index in [1.54, 1.807) is 6.92 Å². The summed E-state index contributed by atoms with van der Waals surface area (Å²) in [7, 11) is 0. The zero-order chi connectivity index (χ0) is 5.70. The van der Waals surface area contributed by atoms with Gasteiger partial charge in [-0.3, -0.25) is 0 Å². The van der Waals surface area contributed by atoms with Crippen LogP contribution in [0.3, 0.4) is 0 Å². The van der Waals surface area contributed by atoms with Gasteiger partial charge in [0.05, 0.1) is 5.83 Å². The Morgan fingerprint density at radius 2 is 2.29 bits per heavy atom. The summed E-state index contributed by atoms with van der Waals surface area (Å²) < 4.78 is 12.0. The second-order valence-electron chi connectivity index (χ2n) is 1.49. The molecule has 0 fully saturated rings. The molecule has 0 spiro atoms. The number of rotatable bonds is 2. The van der Waals surface area contributed by atoms with Crippen molar-refractivity contribution in [1.82, 2.24) is 0 Å². The molecule has 0 unspecified atom stereocenters. The third-order valence-electron chi connectivity index (χ3n) is 0.802. The highest BCUT2D eigenvalue weighted by atomic mass is 19.1. The first-order valence-corrected chi connectivity index (χ1v) is 2.62. The van der Waals surface area contributed by atoms with Gasteiger partial charge in [-0.15, -0.1) is 0 Å². The fourth-order valence-corrected chi connectivity index (χ4v) is 0.383. The lowest BCUT2D eigenvalue weighted by atomic mass is 10.3. The summed E-state index contributed by atoms with van der Waals surface area (Å²) >= 11 is 0. The van der Waals surface area contributed by atoms with Crippen LogP contribution in [0.25, 0.3) is 0 Å². The number of hydrogen-bond donors (Lipinski definition) is 0. The van der Waals surface area contributed by atoms with Crippen molar-refractivity contribution in [2.75, 3.05) is 0 Å². The molecule has 42 valence electrons. The Balaban J connectivity index is 3.17. The molecule has 0 aliphatic carbocycles. The molecule has 0 saturated heterocycles. The molecule has 0 N–H and O–H groups in total. The zero-order valence-electron chi connectivity index (χ0n) is 4.87. The highest BCUT2D eigenvalue weighted by Gasteiger charge is 1.85. The molecule has 0 aliphatic heterocycles. The van der Waals surface area contributed by atoms with Gasteiger partial charge < -0.3 is 0 Å². The van der Waals surface area contributed by atoms with E-state index in [0.29, 0.717) is 6.42 Å². The quantitative estimate of drug-likeness (QED) is 0.502. The summed E-state index contributed by atoms with van der Waals surface area (Å²) in [4.78, 5) is 0. The van der Waals surface area contributed by atoms with Crippen molar-refractivity contribution in [2.24, 2.45) is 0 Å². The average Bonchev–Trinajstić information content (AvgIpc) is 1.68. The second-order valence-corrected chi connectivity index (χ2v) is 1.49. The van der Waals surface area contributed by atoms with Gasteiger partial charge in [0.25, 0.3) is 0 Å². The van der Waals surface area contributed by atoms with Crippen molar-refractivity contribution in [3.05, 3.63) is 11.9 Å². The largest absolute Gasteiger partial charge is 0.212 e. The Morgan fingerprint density at radius 1 is 1.71 bits per heavy atom. The Labute approximate surface area is 44.0 Å². The molecule has 0 nitrogen and oxygen atoms in total. The first-order chi connectivity index (χ1) is 3.31. The van der Waals surface area contributed by atoms with E-state index < -0.39 is 0 Å². The van der Waals surface area contributed by atoms with Gasteiger partial charge in [0.2, 0.25) is 0 Å². The molecule has 7 heavy (non-hydrogen) atoms. The van der Waals surface area contributed by atoms with Crippen molar-refractivity contribution < 1.29 is 4.39 Å². The van der Waals surface area contributed by atoms with Crippen molar-refractivity contribution in [2.45, 2.75) is 26.7 Å². The molecule has 0 aromatic carbocycles. The van der Waals surface area contributed by atoms with E-state index in [4.69, 9.17) is 0 Å². The first kappa shape index (κ1) is 6.67. The highest BCUT2D eigenvalue weighted by Crippen LogP contribution is 2.03. The van der Waals surface area contributed by atoms with Gasteiger partial charge in [-0.05, 0) is 19.8 Å². The van der Waals surface area contributed by atoms with Crippen LogP contribution >= 0.6 is 0 Å². The fraction of sp³-hybridized carbons (Fsp3) is 0.667. The fourth-order valence-electron chi connectivity index (χ4n) is 0.383. The minimum Gasteiger partial charge on any atom is -0.212 e. The normalized spacial score (nSPS) is 12.1. The van der Waals surface area contributed by atoms with Gasteiger partial charge in [-0.1, -0.05) is 13.0 Å². The molecule has 1 heteroatoms. The summed E-state index contributed by atoms with van der Waals surface area (Å²) in [6, 6.07) is 0. The second kappa shape index (κ2) is 3.85. The van der Waals surface area contributed by atoms with E-state index in [1.807, 2.05) is 6.92 Å². The van der Waals surface area contributed by atoms with Crippen LogP contribution in [0.2, 0.25) is 0 Å². The van der Waals surface area contributed by atoms with Crippen LogP contribution in [0.15, 0.2) is 11.9 Å². The molecule has 0 aliphatic rings. The summed E-state index contributed by atoms with van der Waals surface area (Å²) in [6.07, 6.45) is 3.00. The first-order valence-electron chi connectivity index (χ1n) is 2.62. The van der Waals surface area contributed by atoms with Gasteiger partial charge >= 0.3 is 0 Å². The van der Waals surface area contributed by atoms with Crippen LogP contribution in [0.1, 0.15) is 26.7 Å². The van der Waals surface area contributed by atoms with Gasteiger partial charge in [0.15, 0.2) is 0 Å². The SMILES string of the molecule is CC=C(F)CCC. The molecule has 0 bridgehead atoms. The van der Waals surface area contributed by atoms with Crippen molar-refractivity contribution in [1.29, 1.82) is 0 Å². The molecule has 0 heterocycles. The Kier molecular flexibility index (Phi) is 3.67. The Hall–Kier alpha value is -0.330. The number of halogens is 1. The summed E-state index contributed by atoms with van der Waals surface area (Å²) in [5.41, 5.74) is 0. The third-order valence-corrected chi connectivity index (χ3v) is 0.802. The molecule has 0 aromatic rings. The van der Waals surface area contributed by atoms with Gasteiger partial charge in [0.1, 0.15) is 0 Å². The minimum absolute atomic E-state index is 0.00231. The topological polar surface area (TPSA) is 0 Å². The molecule has 0 rings (SSSR count). The summed E-state index contributed by atoms with van der Waals surface area (Å²) in [5, 5.41) is 0. The van der Waals surface area contributed by atoms with E-state index in [0.717, 1.165) is 6.42 Å². The maximum atomic E-state index is 12.0. The monoisotopic (exact) mass is 102 g/mol. The lowest BCUT2D eigenvalue weighted by Gasteiger charge is -1.86. The van der Waals surface area contributed by atoms with E-state index in [1.165, 1.54) is 6.08 Å². The van der Waals surface area contributed by atoms with E-state index in [-0.39, 0.29) is 5.83 Å². The van der Waals surface area contributed by atoms with Crippen LogP contribution in [0.4, 0.5) is 4.39 Å². The predicted molar refractivity (Wildman–Crippen MR) is 29.8 cm³/mol. The Morgan fingerprint density at radius 3 is 2.43 bits per heavy atom. The van der Waals surface area contributed by atoms with Crippen molar-refractivity contribution >= 4 is 0 Å². The summed E-state index contributed by atoms with van der Waals surface area (Å²) in [5.74, 6) is 0.00231. The smallest absolute Gasteiger partial charge is 0.0956 e. The van der Waals surface area contributed by atoms with Crippen LogP contribution in [-0.4, -0.2) is 0 Å². The van der Waals surface area contributed by atoms with Crippen LogP contribution in [0, 0.1) is 0 Å². The van der Waals surface area contributed by atoms with E-state index >= 15 is 0 Å². The predicted octanol–water partition coefficient (Wildman–Crippen LogP) is 2.66. The van der Waals surface area contributed by atoms with Crippen LogP contribution < -0.4 is 0 Å². The van der Waals surface area contributed by atoms with Crippen LogP contribution in [-0.2, 0) is 0 Å². The molecular weight excluding hydrogens is 91.1 g/mol. The maximum Gasteiger partial charge on any atom is 0.0956 e. The average molecular weight is 102 g/mol. The molecular formula is C6H11F. The molecule has 0 atom stereocenters. The standard InChI is InChI=1S/C6H11F/c1-3-5-6(7)4-2/h4H,3,5H2,1-2H3. The van der Waals surface area contributed by atoms with Gasteiger partial charge in [-0.25, -0.2) is 4.39 Å². The lowest BCUT2D eigenvalue weighted by molar-refractivity contribution is 0.582. The number of allylic oxidation sites excluding steroid dienone is 2. The van der Waals surface area contributed by atoms with Gasteiger partial charge in [0, 0.05) is 0 Å². The third kappa shape index (κ3) is 3.50. The highest BCUT2D eigenvalue weighted by molar-refractivity contribution is 4.86. The van der Waals surface area contributed by atoms with Crippen molar-refractivity contribution in [3.8, 4) is 0 Å². The maximum absolute atomic E-state index is 12.0. The Bertz CT molecular complexity index is 64.6. The van der Waals surface area contributed by atoms with E-state index in [2.05, 4.69) is 0 Å². The summed E-state index contributed by atoms with van der Waals surface area (Å²) in [6.45, 7) is 3.67. The lowest BCUT2D eigenvalue weighted by Crippen LogP contribution is -1.68. The molecule has 0 saturated carbocycles. The molecule has 0 amide bonds. The minimum atomic E-state index is 0.00231. The molecule has 0 aromatic heterocycles. The molecule has 0 radical (unpaired) electrons. The van der Waals surface area contributed by atoms with Crippen LogP contribution in [0.5, 0.6) is 0 Å². The zero-order valence-corrected chi connectivity index (χ0v) is 4.87. The van der Waals surface area contributed by atoms with E-state index in [9.17, 15) is 4.39 Å². The number of hydrogen-bond acceptors (Lipinski definition) is 0.